The lowest BCUT2D eigenvalue weighted by Gasteiger charge is -2.23. The maximum Gasteiger partial charge on any atom is 0.305 e. The number of rotatable bonds is 13. The van der Waals surface area contributed by atoms with Crippen molar-refractivity contribution in [3.8, 4) is 0 Å². The van der Waals surface area contributed by atoms with E-state index in [1.807, 2.05) is 13.8 Å². The van der Waals surface area contributed by atoms with Crippen LogP contribution in [0.4, 0.5) is 0 Å². The summed E-state index contributed by atoms with van der Waals surface area (Å²) in [5.41, 5.74) is 11.1. The number of hydrogen-bond donors (Lipinski definition) is 5. The highest BCUT2D eigenvalue weighted by atomic mass is 16.4. The van der Waals surface area contributed by atoms with Crippen LogP contribution in [0.25, 0.3) is 0 Å². The second kappa shape index (κ2) is 12.7. The second-order valence-corrected chi connectivity index (χ2v) is 6.95. The SMILES string of the molecule is CC(C)[C@@H](CC(=O)O)NC(=O)C[C@H](CCCCN)NC(=O)C[C@H](C)N. The molecule has 0 spiro atoms. The summed E-state index contributed by atoms with van der Waals surface area (Å²) in [6.45, 7) is 6.02. The van der Waals surface area contributed by atoms with Crippen LogP contribution in [0.3, 0.4) is 0 Å². The van der Waals surface area contributed by atoms with Gasteiger partial charge in [-0.1, -0.05) is 20.3 Å². The standard InChI is InChI=1S/C17H34N4O4/c1-11(2)14(10-17(24)25)21-16(23)9-13(6-4-5-7-18)20-15(22)8-12(3)19/h11-14H,4-10,18-19H2,1-3H3,(H,20,22)(H,21,23)(H,24,25)/t12-,13-,14+/m0/s1. The van der Waals surface area contributed by atoms with Crippen LogP contribution in [0, 0.1) is 5.92 Å². The number of amides is 2. The predicted molar refractivity (Wildman–Crippen MR) is 96.7 cm³/mol. The first-order chi connectivity index (χ1) is 11.6. The molecule has 0 fully saturated rings. The molecule has 0 aliphatic rings. The zero-order chi connectivity index (χ0) is 19.4. The summed E-state index contributed by atoms with van der Waals surface area (Å²) >= 11 is 0. The van der Waals surface area contributed by atoms with Crippen molar-refractivity contribution >= 4 is 17.8 Å². The van der Waals surface area contributed by atoms with Crippen LogP contribution in [-0.4, -0.2) is 47.6 Å². The molecule has 0 aliphatic carbocycles. The molecule has 7 N–H and O–H groups in total. The Bertz CT molecular complexity index is 427. The summed E-state index contributed by atoms with van der Waals surface area (Å²) < 4.78 is 0. The third kappa shape index (κ3) is 12.4. The highest BCUT2D eigenvalue weighted by Crippen LogP contribution is 2.09. The molecule has 0 bridgehead atoms. The Hall–Kier alpha value is -1.67. The molecule has 0 aliphatic heterocycles. The minimum Gasteiger partial charge on any atom is -0.481 e. The fourth-order valence-corrected chi connectivity index (χ4v) is 2.47. The van der Waals surface area contributed by atoms with Crippen LogP contribution in [0.5, 0.6) is 0 Å². The molecular weight excluding hydrogens is 324 g/mol. The van der Waals surface area contributed by atoms with Crippen molar-refractivity contribution in [2.24, 2.45) is 17.4 Å². The zero-order valence-corrected chi connectivity index (χ0v) is 15.6. The Labute approximate surface area is 150 Å². The highest BCUT2D eigenvalue weighted by Gasteiger charge is 2.22. The van der Waals surface area contributed by atoms with Crippen molar-refractivity contribution in [1.29, 1.82) is 0 Å². The van der Waals surface area contributed by atoms with Gasteiger partial charge < -0.3 is 27.2 Å². The van der Waals surface area contributed by atoms with Crippen LogP contribution < -0.4 is 22.1 Å². The van der Waals surface area contributed by atoms with Gasteiger partial charge in [0, 0.05) is 31.0 Å². The number of aliphatic carboxylic acids is 1. The molecule has 0 rings (SSSR count). The van der Waals surface area contributed by atoms with Gasteiger partial charge in [-0.05, 0) is 32.2 Å². The number of carbonyl (C=O) groups excluding carboxylic acids is 2. The topological polar surface area (TPSA) is 148 Å². The van der Waals surface area contributed by atoms with E-state index in [2.05, 4.69) is 10.6 Å². The molecule has 2 amide bonds. The van der Waals surface area contributed by atoms with E-state index in [-0.39, 0.29) is 49.1 Å². The van der Waals surface area contributed by atoms with Crippen molar-refractivity contribution in [2.75, 3.05) is 6.54 Å². The van der Waals surface area contributed by atoms with Crippen molar-refractivity contribution in [1.82, 2.24) is 10.6 Å². The number of carboxylic acids is 1. The quantitative estimate of drug-likeness (QED) is 0.300. The number of nitrogens with two attached hydrogens (primary N) is 2. The third-order valence-electron chi connectivity index (χ3n) is 3.86. The summed E-state index contributed by atoms with van der Waals surface area (Å²) in [7, 11) is 0. The largest absolute Gasteiger partial charge is 0.481 e. The number of hydrogen-bond acceptors (Lipinski definition) is 5. The predicted octanol–water partition coefficient (Wildman–Crippen LogP) is 0.343. The number of carbonyl (C=O) groups is 3. The molecule has 0 aromatic rings. The van der Waals surface area contributed by atoms with Gasteiger partial charge in [0.25, 0.3) is 0 Å². The van der Waals surface area contributed by atoms with Gasteiger partial charge in [0.2, 0.25) is 11.8 Å². The molecule has 0 saturated heterocycles. The van der Waals surface area contributed by atoms with Gasteiger partial charge in [0.05, 0.1) is 6.42 Å². The molecule has 0 aromatic heterocycles. The van der Waals surface area contributed by atoms with E-state index in [0.717, 1.165) is 12.8 Å². The Morgan fingerprint density at radius 2 is 1.56 bits per heavy atom. The van der Waals surface area contributed by atoms with E-state index >= 15 is 0 Å². The van der Waals surface area contributed by atoms with Crippen molar-refractivity contribution in [3.05, 3.63) is 0 Å². The number of unbranched alkanes of at least 4 members (excludes halogenated alkanes) is 1. The van der Waals surface area contributed by atoms with Crippen LogP contribution in [0.15, 0.2) is 0 Å². The molecule has 0 radical (unpaired) electrons. The van der Waals surface area contributed by atoms with Crippen molar-refractivity contribution in [2.45, 2.75) is 77.4 Å². The van der Waals surface area contributed by atoms with E-state index in [1.54, 1.807) is 6.92 Å². The van der Waals surface area contributed by atoms with Crippen LogP contribution in [0.2, 0.25) is 0 Å². The van der Waals surface area contributed by atoms with E-state index < -0.39 is 12.0 Å². The van der Waals surface area contributed by atoms with E-state index in [1.165, 1.54) is 0 Å². The lowest BCUT2D eigenvalue weighted by molar-refractivity contribution is -0.138. The lowest BCUT2D eigenvalue weighted by atomic mass is 9.99. The maximum absolute atomic E-state index is 12.3. The third-order valence-corrected chi connectivity index (χ3v) is 3.86. The van der Waals surface area contributed by atoms with E-state index in [0.29, 0.717) is 13.0 Å². The molecule has 25 heavy (non-hydrogen) atoms. The van der Waals surface area contributed by atoms with E-state index in [9.17, 15) is 14.4 Å². The Balaban J connectivity index is 4.69. The molecular formula is C17H34N4O4. The first kappa shape index (κ1) is 23.3. The summed E-state index contributed by atoms with van der Waals surface area (Å²) in [5, 5.41) is 14.5. The first-order valence-corrected chi connectivity index (χ1v) is 8.91. The van der Waals surface area contributed by atoms with Gasteiger partial charge in [0.15, 0.2) is 0 Å². The number of carboxylic acid groups (broad SMARTS) is 1. The van der Waals surface area contributed by atoms with Crippen molar-refractivity contribution < 1.29 is 19.5 Å². The lowest BCUT2D eigenvalue weighted by Crippen LogP contribution is -2.45. The van der Waals surface area contributed by atoms with Crippen LogP contribution in [-0.2, 0) is 14.4 Å². The summed E-state index contributed by atoms with van der Waals surface area (Å²) in [4.78, 5) is 35.1. The van der Waals surface area contributed by atoms with Crippen LogP contribution >= 0.6 is 0 Å². The molecule has 0 saturated carbocycles. The molecule has 0 unspecified atom stereocenters. The van der Waals surface area contributed by atoms with E-state index in [4.69, 9.17) is 16.6 Å². The second-order valence-electron chi connectivity index (χ2n) is 6.95. The van der Waals surface area contributed by atoms with Crippen LogP contribution in [0.1, 0.15) is 59.3 Å². The summed E-state index contributed by atoms with van der Waals surface area (Å²) in [6, 6.07) is -0.996. The minimum atomic E-state index is -0.955. The minimum absolute atomic E-state index is 0.00317. The summed E-state index contributed by atoms with van der Waals surface area (Å²) in [6.07, 6.45) is 2.43. The zero-order valence-electron chi connectivity index (χ0n) is 15.6. The molecule has 3 atom stereocenters. The van der Waals surface area contributed by atoms with Gasteiger partial charge in [-0.25, -0.2) is 0 Å². The number of nitrogens with one attached hydrogen (secondary N) is 2. The summed E-state index contributed by atoms with van der Waals surface area (Å²) in [5.74, 6) is -1.41. The maximum atomic E-state index is 12.3. The van der Waals surface area contributed by atoms with Gasteiger partial charge in [0.1, 0.15) is 0 Å². The van der Waals surface area contributed by atoms with Gasteiger partial charge >= 0.3 is 5.97 Å². The van der Waals surface area contributed by atoms with Crippen molar-refractivity contribution in [3.63, 3.8) is 0 Å². The normalized spacial score (nSPS) is 14.6. The molecule has 0 heterocycles. The highest BCUT2D eigenvalue weighted by molar-refractivity contribution is 5.80. The van der Waals surface area contributed by atoms with Gasteiger partial charge in [-0.2, -0.15) is 0 Å². The fraction of sp³-hybridized carbons (Fsp3) is 0.824. The first-order valence-electron chi connectivity index (χ1n) is 8.91. The average Bonchev–Trinajstić information content (AvgIpc) is 2.44. The Morgan fingerprint density at radius 3 is 2.04 bits per heavy atom. The fourth-order valence-electron chi connectivity index (χ4n) is 2.47. The average molecular weight is 358 g/mol. The molecule has 146 valence electrons. The van der Waals surface area contributed by atoms with Gasteiger partial charge in [-0.3, -0.25) is 14.4 Å². The monoisotopic (exact) mass is 358 g/mol. The Morgan fingerprint density at radius 1 is 0.960 bits per heavy atom. The molecule has 8 heteroatoms. The Kier molecular flexibility index (Phi) is 11.8. The molecule has 8 nitrogen and oxygen atoms in total. The molecule has 0 aromatic carbocycles. The smallest absolute Gasteiger partial charge is 0.305 e. The van der Waals surface area contributed by atoms with Gasteiger partial charge in [-0.15, -0.1) is 0 Å².